The van der Waals surface area contributed by atoms with Crippen LogP contribution in [0.25, 0.3) is 22.4 Å². The van der Waals surface area contributed by atoms with E-state index in [-0.39, 0.29) is 35.2 Å². The van der Waals surface area contributed by atoms with Crippen LogP contribution in [0, 0.1) is 0 Å². The van der Waals surface area contributed by atoms with E-state index in [2.05, 4.69) is 15.3 Å². The van der Waals surface area contributed by atoms with Gasteiger partial charge in [-0.05, 0) is 37.3 Å². The number of nitrogens with one attached hydrogen (secondary N) is 1. The number of fused-ring (bicyclic) bond motifs is 2. The van der Waals surface area contributed by atoms with E-state index in [9.17, 15) is 18.0 Å². The number of carbonyl (C=O) groups excluding carboxylic acids is 1. The fraction of sp³-hybridized carbons (Fsp3) is 0.269. The first-order chi connectivity index (χ1) is 18.2. The van der Waals surface area contributed by atoms with Gasteiger partial charge in [0.05, 0.1) is 13.2 Å². The number of halogens is 3. The Morgan fingerprint density at radius 3 is 2.66 bits per heavy atom. The minimum absolute atomic E-state index is 0.00508. The van der Waals surface area contributed by atoms with Crippen LogP contribution in [0.2, 0.25) is 0 Å². The first kappa shape index (κ1) is 25.3. The van der Waals surface area contributed by atoms with E-state index in [1.807, 2.05) is 0 Å². The smallest absolute Gasteiger partial charge is 0.433 e. The minimum Gasteiger partial charge on any atom is -0.494 e. The summed E-state index contributed by atoms with van der Waals surface area (Å²) in [6, 6.07) is 9.84. The van der Waals surface area contributed by atoms with Gasteiger partial charge in [0, 0.05) is 23.1 Å². The SMILES string of the molecule is COc1ccc(-c2nc(C(=O)NCc3cccc4c3OCCO4)c([C@H](C)N)o2)c2ccc(C(F)(F)F)nc12. The first-order valence-corrected chi connectivity index (χ1v) is 11.6. The zero-order valence-corrected chi connectivity index (χ0v) is 20.4. The molecule has 198 valence electrons. The maximum Gasteiger partial charge on any atom is 0.433 e. The van der Waals surface area contributed by atoms with Crippen molar-refractivity contribution in [1.82, 2.24) is 15.3 Å². The lowest BCUT2D eigenvalue weighted by Crippen LogP contribution is -2.26. The van der Waals surface area contributed by atoms with Crippen molar-refractivity contribution in [3.8, 4) is 28.7 Å². The van der Waals surface area contributed by atoms with E-state index in [0.29, 0.717) is 41.2 Å². The van der Waals surface area contributed by atoms with Crippen molar-refractivity contribution >= 4 is 16.8 Å². The van der Waals surface area contributed by atoms with Crippen molar-refractivity contribution in [2.24, 2.45) is 5.73 Å². The molecule has 2 aromatic carbocycles. The largest absolute Gasteiger partial charge is 0.494 e. The first-order valence-electron chi connectivity index (χ1n) is 11.6. The highest BCUT2D eigenvalue weighted by Crippen LogP contribution is 2.38. The highest BCUT2D eigenvalue weighted by Gasteiger charge is 2.33. The summed E-state index contributed by atoms with van der Waals surface area (Å²) >= 11 is 0. The van der Waals surface area contributed by atoms with Gasteiger partial charge in [0.2, 0.25) is 5.89 Å². The number of hydrogen-bond acceptors (Lipinski definition) is 8. The number of nitrogens with zero attached hydrogens (tertiary/aromatic N) is 2. The molecule has 12 heteroatoms. The molecule has 1 amide bonds. The maximum absolute atomic E-state index is 13.3. The summed E-state index contributed by atoms with van der Waals surface area (Å²) in [7, 11) is 1.33. The molecule has 1 atom stereocenters. The predicted octanol–water partition coefficient (Wildman–Crippen LogP) is 4.64. The van der Waals surface area contributed by atoms with Crippen molar-refractivity contribution < 1.29 is 36.6 Å². The van der Waals surface area contributed by atoms with Gasteiger partial charge in [-0.3, -0.25) is 4.79 Å². The van der Waals surface area contributed by atoms with Crippen LogP contribution in [0.4, 0.5) is 13.2 Å². The summed E-state index contributed by atoms with van der Waals surface area (Å²) in [5, 5.41) is 3.10. The molecule has 0 fully saturated rings. The van der Waals surface area contributed by atoms with Crippen LogP contribution in [0.1, 0.15) is 40.5 Å². The van der Waals surface area contributed by atoms with E-state index in [1.54, 1.807) is 31.2 Å². The second kappa shape index (κ2) is 9.86. The third kappa shape index (κ3) is 4.70. The monoisotopic (exact) mass is 528 g/mol. The molecule has 1 aliphatic rings. The van der Waals surface area contributed by atoms with Gasteiger partial charge < -0.3 is 29.7 Å². The Bertz CT molecular complexity index is 1520. The number of nitrogens with two attached hydrogens (primary N) is 1. The Morgan fingerprint density at radius 1 is 1.13 bits per heavy atom. The summed E-state index contributed by atoms with van der Waals surface area (Å²) in [6.07, 6.45) is -4.64. The summed E-state index contributed by atoms with van der Waals surface area (Å²) in [4.78, 5) is 21.3. The van der Waals surface area contributed by atoms with E-state index in [0.717, 1.165) is 6.07 Å². The molecule has 0 aliphatic carbocycles. The van der Waals surface area contributed by atoms with Crippen molar-refractivity contribution in [3.05, 3.63) is 65.2 Å². The lowest BCUT2D eigenvalue weighted by Gasteiger charge is -2.21. The highest BCUT2D eigenvalue weighted by molar-refractivity contribution is 5.98. The number of benzene rings is 2. The summed E-state index contributed by atoms with van der Waals surface area (Å²) < 4.78 is 62.2. The van der Waals surface area contributed by atoms with Crippen molar-refractivity contribution in [3.63, 3.8) is 0 Å². The van der Waals surface area contributed by atoms with Crippen LogP contribution in [0.5, 0.6) is 17.2 Å². The van der Waals surface area contributed by atoms with Crippen LogP contribution in [0.3, 0.4) is 0 Å². The van der Waals surface area contributed by atoms with Crippen LogP contribution in [-0.4, -0.2) is 36.2 Å². The topological polar surface area (TPSA) is 122 Å². The molecule has 0 saturated heterocycles. The third-order valence-corrected chi connectivity index (χ3v) is 5.93. The molecule has 9 nitrogen and oxygen atoms in total. The number of alkyl halides is 3. The third-order valence-electron chi connectivity index (χ3n) is 5.93. The van der Waals surface area contributed by atoms with Crippen LogP contribution < -0.4 is 25.3 Å². The quantitative estimate of drug-likeness (QED) is 0.371. The van der Waals surface area contributed by atoms with E-state index < -0.39 is 23.8 Å². The average molecular weight is 528 g/mol. The molecule has 3 heterocycles. The minimum atomic E-state index is -4.64. The fourth-order valence-electron chi connectivity index (χ4n) is 4.15. The van der Waals surface area contributed by atoms with Gasteiger partial charge >= 0.3 is 6.18 Å². The Kier molecular flexibility index (Phi) is 6.57. The average Bonchev–Trinajstić information content (AvgIpc) is 3.36. The zero-order valence-electron chi connectivity index (χ0n) is 20.4. The van der Waals surface area contributed by atoms with E-state index in [1.165, 1.54) is 19.2 Å². The zero-order chi connectivity index (χ0) is 27.0. The number of ether oxygens (including phenoxy) is 3. The van der Waals surface area contributed by atoms with Crippen molar-refractivity contribution in [2.75, 3.05) is 20.3 Å². The lowest BCUT2D eigenvalue weighted by atomic mass is 10.1. The molecule has 0 unspecified atom stereocenters. The predicted molar refractivity (Wildman–Crippen MR) is 130 cm³/mol. The molecule has 3 N–H and O–H groups in total. The summed E-state index contributed by atoms with van der Waals surface area (Å²) in [6.45, 7) is 2.59. The molecule has 1 aliphatic heterocycles. The number of para-hydroxylation sites is 1. The van der Waals surface area contributed by atoms with Crippen molar-refractivity contribution in [1.29, 1.82) is 0 Å². The molecule has 2 aromatic heterocycles. The molecule has 4 aromatic rings. The van der Waals surface area contributed by atoms with Crippen molar-refractivity contribution in [2.45, 2.75) is 25.7 Å². The number of hydrogen-bond donors (Lipinski definition) is 2. The van der Waals surface area contributed by atoms with Gasteiger partial charge in [-0.15, -0.1) is 0 Å². The number of amides is 1. The van der Waals surface area contributed by atoms with E-state index in [4.69, 9.17) is 24.4 Å². The maximum atomic E-state index is 13.3. The second-order valence-corrected chi connectivity index (χ2v) is 8.55. The van der Waals surface area contributed by atoms with Gasteiger partial charge in [-0.2, -0.15) is 13.2 Å². The Balaban J connectivity index is 1.50. The second-order valence-electron chi connectivity index (χ2n) is 8.55. The molecule has 5 rings (SSSR count). The van der Waals surface area contributed by atoms with Gasteiger partial charge in [0.25, 0.3) is 5.91 Å². The van der Waals surface area contributed by atoms with Gasteiger partial charge in [0.15, 0.2) is 23.0 Å². The van der Waals surface area contributed by atoms with Gasteiger partial charge in [-0.1, -0.05) is 12.1 Å². The van der Waals surface area contributed by atoms with Crippen LogP contribution >= 0.6 is 0 Å². The standard InChI is InChI=1S/C26H23F3N4O5/c1-13(30)22-21(24(34)31-12-14-4-3-5-18-23(14)37-11-10-36-18)33-25(38-22)16-6-8-17(35-2)20-15(16)7-9-19(32-20)26(27,28)29/h3-9,13H,10-12,30H2,1-2H3,(H,31,34)/t13-/m0/s1. The van der Waals surface area contributed by atoms with Crippen LogP contribution in [-0.2, 0) is 12.7 Å². The molecule has 0 radical (unpaired) electrons. The molecule has 38 heavy (non-hydrogen) atoms. The fourth-order valence-corrected chi connectivity index (χ4v) is 4.15. The molecule has 0 bridgehead atoms. The molecular weight excluding hydrogens is 505 g/mol. The number of carbonyl (C=O) groups is 1. The number of aromatic nitrogens is 2. The Labute approximate surface area is 214 Å². The van der Waals surface area contributed by atoms with E-state index >= 15 is 0 Å². The van der Waals surface area contributed by atoms with Gasteiger partial charge in [-0.25, -0.2) is 9.97 Å². The van der Waals surface area contributed by atoms with Gasteiger partial charge in [0.1, 0.15) is 30.2 Å². The number of rotatable bonds is 6. The van der Waals surface area contributed by atoms with Crippen LogP contribution in [0.15, 0.2) is 46.9 Å². The molecular formula is C26H23F3N4O5. The Morgan fingerprint density at radius 2 is 1.92 bits per heavy atom. The summed E-state index contributed by atoms with van der Waals surface area (Å²) in [5.41, 5.74) is 5.97. The number of methoxy groups -OCH3 is 1. The number of oxazole rings is 1. The Hall–Kier alpha value is -4.32. The highest BCUT2D eigenvalue weighted by atomic mass is 19.4. The summed E-state index contributed by atoms with van der Waals surface area (Å²) in [5.74, 6) is 0.877. The number of pyridine rings is 1. The molecule has 0 saturated carbocycles. The lowest BCUT2D eigenvalue weighted by molar-refractivity contribution is -0.140. The normalized spacial score (nSPS) is 13.8. The molecule has 0 spiro atoms.